The molecule has 0 fully saturated rings. The Morgan fingerprint density at radius 2 is 1.73 bits per heavy atom. The van der Waals surface area contributed by atoms with Gasteiger partial charge in [0.2, 0.25) is 0 Å². The van der Waals surface area contributed by atoms with Crippen molar-refractivity contribution < 1.29 is 19.1 Å². The van der Waals surface area contributed by atoms with Crippen molar-refractivity contribution in [2.75, 3.05) is 14.2 Å². The van der Waals surface area contributed by atoms with E-state index in [-0.39, 0.29) is 6.42 Å². The van der Waals surface area contributed by atoms with Gasteiger partial charge in [0.25, 0.3) is 0 Å². The molecule has 0 aliphatic heterocycles. The van der Waals surface area contributed by atoms with Crippen molar-refractivity contribution in [1.82, 2.24) is 0 Å². The van der Waals surface area contributed by atoms with E-state index in [9.17, 15) is 9.59 Å². The fourth-order valence-electron chi connectivity index (χ4n) is 1.26. The maximum absolute atomic E-state index is 11.4. The molecule has 0 saturated carbocycles. The van der Waals surface area contributed by atoms with E-state index >= 15 is 0 Å². The third-order valence-corrected chi connectivity index (χ3v) is 2.12. The van der Waals surface area contributed by atoms with Crippen molar-refractivity contribution in [3.05, 3.63) is 11.1 Å². The van der Waals surface area contributed by atoms with Crippen molar-refractivity contribution in [3.8, 4) is 0 Å². The number of ether oxygens (including phenoxy) is 2. The standard InChI is InChI=1S/C11H18O4/c1-5-6-8(2)9(11(13)15-4)7-10(12)14-3/h5-7H2,1-4H3/b9-8+. The molecular formula is C11H18O4. The molecule has 0 bridgehead atoms. The molecule has 0 radical (unpaired) electrons. The number of carbonyl (C=O) groups excluding carboxylic acids is 2. The Morgan fingerprint density at radius 3 is 2.13 bits per heavy atom. The monoisotopic (exact) mass is 214 g/mol. The first-order valence-electron chi connectivity index (χ1n) is 4.90. The molecular weight excluding hydrogens is 196 g/mol. The number of hydrogen-bond acceptors (Lipinski definition) is 4. The summed E-state index contributed by atoms with van der Waals surface area (Å²) < 4.78 is 9.14. The SMILES string of the molecule is CCC/C(C)=C(\CC(=O)OC)C(=O)OC. The van der Waals surface area contributed by atoms with Crippen LogP contribution in [0, 0.1) is 0 Å². The van der Waals surface area contributed by atoms with Crippen LogP contribution in [-0.4, -0.2) is 26.2 Å². The number of allylic oxidation sites excluding steroid dienone is 1. The lowest BCUT2D eigenvalue weighted by atomic mass is 10.0. The maximum Gasteiger partial charge on any atom is 0.334 e. The highest BCUT2D eigenvalue weighted by Gasteiger charge is 2.17. The lowest BCUT2D eigenvalue weighted by Crippen LogP contribution is -2.12. The Bertz CT molecular complexity index is 266. The van der Waals surface area contributed by atoms with Gasteiger partial charge in [-0.15, -0.1) is 0 Å². The van der Waals surface area contributed by atoms with Crippen LogP contribution in [0.5, 0.6) is 0 Å². The molecule has 4 heteroatoms. The zero-order valence-corrected chi connectivity index (χ0v) is 9.75. The average Bonchev–Trinajstić information content (AvgIpc) is 2.24. The second-order valence-electron chi connectivity index (χ2n) is 3.25. The van der Waals surface area contributed by atoms with Gasteiger partial charge < -0.3 is 9.47 Å². The van der Waals surface area contributed by atoms with E-state index in [0.717, 1.165) is 18.4 Å². The molecule has 0 aromatic carbocycles. The number of methoxy groups -OCH3 is 2. The number of hydrogen-bond donors (Lipinski definition) is 0. The fraction of sp³-hybridized carbons (Fsp3) is 0.636. The number of carbonyl (C=O) groups is 2. The van der Waals surface area contributed by atoms with Crippen LogP contribution >= 0.6 is 0 Å². The minimum atomic E-state index is -0.452. The van der Waals surface area contributed by atoms with Crippen LogP contribution in [0.15, 0.2) is 11.1 Å². The van der Waals surface area contributed by atoms with Gasteiger partial charge in [-0.1, -0.05) is 18.9 Å². The van der Waals surface area contributed by atoms with E-state index in [1.54, 1.807) is 0 Å². The summed E-state index contributed by atoms with van der Waals surface area (Å²) in [6, 6.07) is 0. The van der Waals surface area contributed by atoms with Crippen molar-refractivity contribution >= 4 is 11.9 Å². The predicted octanol–water partition coefficient (Wildman–Crippen LogP) is 1.84. The van der Waals surface area contributed by atoms with Crippen LogP contribution in [0.25, 0.3) is 0 Å². The first-order valence-corrected chi connectivity index (χ1v) is 4.90. The van der Waals surface area contributed by atoms with Gasteiger partial charge >= 0.3 is 11.9 Å². The third-order valence-electron chi connectivity index (χ3n) is 2.12. The van der Waals surface area contributed by atoms with Gasteiger partial charge in [0, 0.05) is 5.57 Å². The van der Waals surface area contributed by atoms with Crippen molar-refractivity contribution in [2.45, 2.75) is 33.1 Å². The maximum atomic E-state index is 11.4. The lowest BCUT2D eigenvalue weighted by Gasteiger charge is -2.08. The lowest BCUT2D eigenvalue weighted by molar-refractivity contribution is -0.143. The molecule has 0 aliphatic carbocycles. The highest BCUT2D eigenvalue weighted by Crippen LogP contribution is 2.15. The van der Waals surface area contributed by atoms with Crippen LogP contribution in [0.3, 0.4) is 0 Å². The summed E-state index contributed by atoms with van der Waals surface area (Å²) in [6.07, 6.45) is 1.68. The van der Waals surface area contributed by atoms with Gasteiger partial charge in [-0.25, -0.2) is 4.79 Å². The Labute approximate surface area is 90.2 Å². The normalized spacial score (nSPS) is 11.7. The first kappa shape index (κ1) is 13.7. The molecule has 0 aromatic heterocycles. The summed E-state index contributed by atoms with van der Waals surface area (Å²) in [5.74, 6) is -0.878. The predicted molar refractivity (Wildman–Crippen MR) is 56.3 cm³/mol. The molecule has 15 heavy (non-hydrogen) atoms. The van der Waals surface area contributed by atoms with Crippen molar-refractivity contribution in [2.24, 2.45) is 0 Å². The summed E-state index contributed by atoms with van der Waals surface area (Å²) in [7, 11) is 2.60. The minimum Gasteiger partial charge on any atom is -0.469 e. The molecule has 0 amide bonds. The number of rotatable bonds is 5. The van der Waals surface area contributed by atoms with E-state index in [0.29, 0.717) is 5.57 Å². The Balaban J connectivity index is 4.79. The van der Waals surface area contributed by atoms with Crippen LogP contribution in [0.2, 0.25) is 0 Å². The van der Waals surface area contributed by atoms with Crippen LogP contribution in [0.4, 0.5) is 0 Å². The van der Waals surface area contributed by atoms with E-state index in [1.807, 2.05) is 13.8 Å². The molecule has 0 N–H and O–H groups in total. The summed E-state index contributed by atoms with van der Waals surface area (Å²) in [6.45, 7) is 3.84. The third kappa shape index (κ3) is 4.63. The average molecular weight is 214 g/mol. The molecule has 0 rings (SSSR count). The largest absolute Gasteiger partial charge is 0.469 e. The highest BCUT2D eigenvalue weighted by molar-refractivity contribution is 5.94. The summed E-state index contributed by atoms with van der Waals surface area (Å²) in [4.78, 5) is 22.5. The van der Waals surface area contributed by atoms with Gasteiger partial charge in [0.1, 0.15) is 0 Å². The molecule has 0 aliphatic rings. The van der Waals surface area contributed by atoms with E-state index in [4.69, 9.17) is 0 Å². The zero-order chi connectivity index (χ0) is 11.8. The second-order valence-corrected chi connectivity index (χ2v) is 3.25. The van der Waals surface area contributed by atoms with Crippen LogP contribution < -0.4 is 0 Å². The Kier molecular flexibility index (Phi) is 6.42. The van der Waals surface area contributed by atoms with E-state index < -0.39 is 11.9 Å². The van der Waals surface area contributed by atoms with E-state index in [2.05, 4.69) is 9.47 Å². The molecule has 0 unspecified atom stereocenters. The fourth-order valence-corrected chi connectivity index (χ4v) is 1.26. The first-order chi connectivity index (χ1) is 7.06. The zero-order valence-electron chi connectivity index (χ0n) is 9.75. The molecule has 0 aromatic rings. The molecule has 86 valence electrons. The molecule has 4 nitrogen and oxygen atoms in total. The highest BCUT2D eigenvalue weighted by atomic mass is 16.5. The van der Waals surface area contributed by atoms with Crippen LogP contribution in [0.1, 0.15) is 33.1 Å². The summed E-state index contributed by atoms with van der Waals surface area (Å²) >= 11 is 0. The quantitative estimate of drug-likeness (QED) is 0.517. The molecule has 0 atom stereocenters. The Morgan fingerprint density at radius 1 is 1.13 bits per heavy atom. The van der Waals surface area contributed by atoms with Gasteiger partial charge in [-0.3, -0.25) is 4.79 Å². The van der Waals surface area contributed by atoms with Gasteiger partial charge in [-0.05, 0) is 13.3 Å². The van der Waals surface area contributed by atoms with Crippen molar-refractivity contribution in [1.29, 1.82) is 0 Å². The molecule has 0 heterocycles. The second kappa shape index (κ2) is 7.04. The van der Waals surface area contributed by atoms with Gasteiger partial charge in [0.15, 0.2) is 0 Å². The summed E-state index contributed by atoms with van der Waals surface area (Å²) in [5, 5.41) is 0. The minimum absolute atomic E-state index is 0.0188. The van der Waals surface area contributed by atoms with Crippen LogP contribution in [-0.2, 0) is 19.1 Å². The van der Waals surface area contributed by atoms with Gasteiger partial charge in [0.05, 0.1) is 20.6 Å². The Hall–Kier alpha value is -1.32. The molecule has 0 spiro atoms. The van der Waals surface area contributed by atoms with Gasteiger partial charge in [-0.2, -0.15) is 0 Å². The van der Waals surface area contributed by atoms with Crippen molar-refractivity contribution in [3.63, 3.8) is 0 Å². The topological polar surface area (TPSA) is 52.6 Å². The molecule has 0 saturated heterocycles. The van der Waals surface area contributed by atoms with E-state index in [1.165, 1.54) is 14.2 Å². The summed E-state index contributed by atoms with van der Waals surface area (Å²) in [5.41, 5.74) is 1.29. The smallest absolute Gasteiger partial charge is 0.334 e. The number of esters is 2.